The average molecular weight is 595 g/mol. The van der Waals surface area contributed by atoms with Gasteiger partial charge in [0.2, 0.25) is 5.91 Å². The molecule has 2 aliphatic rings. The van der Waals surface area contributed by atoms with Gasteiger partial charge < -0.3 is 14.5 Å². The molecule has 41 heavy (non-hydrogen) atoms. The number of methoxy groups -OCH3 is 1. The van der Waals surface area contributed by atoms with Crippen molar-refractivity contribution in [1.82, 2.24) is 14.5 Å². The van der Waals surface area contributed by atoms with Crippen molar-refractivity contribution in [2.75, 3.05) is 30.9 Å². The first-order valence-electron chi connectivity index (χ1n) is 12.8. The Balaban J connectivity index is 1.83. The van der Waals surface area contributed by atoms with Crippen molar-refractivity contribution >= 4 is 34.4 Å². The number of hydrogen-bond acceptors (Lipinski definition) is 6. The van der Waals surface area contributed by atoms with Gasteiger partial charge in [0.05, 0.1) is 23.7 Å². The molecule has 218 valence electrons. The Kier molecular flexibility index (Phi) is 7.62. The lowest BCUT2D eigenvalue weighted by Crippen LogP contribution is -2.58. The lowest BCUT2D eigenvalue weighted by Gasteiger charge is -2.44. The van der Waals surface area contributed by atoms with Crippen LogP contribution in [0.2, 0.25) is 0 Å². The number of benzene rings is 2. The van der Waals surface area contributed by atoms with Gasteiger partial charge in [-0.3, -0.25) is 9.36 Å². The monoisotopic (exact) mass is 594 g/mol. The van der Waals surface area contributed by atoms with Crippen LogP contribution in [0.4, 0.5) is 27.8 Å². The summed E-state index contributed by atoms with van der Waals surface area (Å²) in [6.45, 7) is 7.55. The molecule has 1 fully saturated rings. The predicted octanol–water partition coefficient (Wildman–Crippen LogP) is 5.09. The maximum Gasteiger partial charge on any atom is 0.417 e. The standard InChI is InChI=1S/C28H27F5N4O3S/c1-5-22(38)37-14(2)10-35(11-15(37)3)26-19-9-20(28(31,32)33)23(18-7-6-16(29)8-21(18)30)25-24(19)36(27(39)34-26)12-17(40-4)13-41-25/h5-9,14-15,17H,1,10-13H2,2-4H3. The fourth-order valence-electron chi connectivity index (χ4n) is 5.74. The van der Waals surface area contributed by atoms with Gasteiger partial charge in [0, 0.05) is 65.5 Å². The SMILES string of the molecule is C=CC(=O)N1C(C)CN(c2nc(=O)n3c4c(c(-c5ccc(F)cc5F)c(C(F)(F)F)cc24)SCC(OC)C3)CC1C. The number of hydrogen-bond donors (Lipinski definition) is 0. The van der Waals surface area contributed by atoms with Gasteiger partial charge in [-0.2, -0.15) is 18.2 Å². The number of thioether (sulfide) groups is 1. The minimum atomic E-state index is -4.93. The summed E-state index contributed by atoms with van der Waals surface area (Å²) in [5, 5.41) is 0.0605. The third-order valence-corrected chi connectivity index (χ3v) is 8.71. The van der Waals surface area contributed by atoms with E-state index in [1.165, 1.54) is 17.8 Å². The lowest BCUT2D eigenvalue weighted by atomic mass is 9.95. The molecule has 0 spiro atoms. The Morgan fingerprint density at radius 1 is 1.15 bits per heavy atom. The van der Waals surface area contributed by atoms with E-state index in [4.69, 9.17) is 4.74 Å². The zero-order valence-corrected chi connectivity index (χ0v) is 23.3. The van der Waals surface area contributed by atoms with Gasteiger partial charge in [0.15, 0.2) is 0 Å². The van der Waals surface area contributed by atoms with Crippen molar-refractivity contribution < 1.29 is 31.5 Å². The minimum absolute atomic E-state index is 0.0181. The quantitative estimate of drug-likeness (QED) is 0.310. The van der Waals surface area contributed by atoms with Crippen LogP contribution in [0.15, 0.2) is 46.6 Å². The molecule has 3 atom stereocenters. The van der Waals surface area contributed by atoms with Crippen LogP contribution in [0.1, 0.15) is 19.4 Å². The molecule has 1 aromatic heterocycles. The molecular formula is C28H27F5N4O3S. The Hall–Kier alpha value is -3.45. The molecule has 3 unspecified atom stereocenters. The number of carbonyl (C=O) groups excluding carboxylic acids is 1. The third kappa shape index (κ3) is 5.09. The number of ether oxygens (including phenoxy) is 1. The predicted molar refractivity (Wildman–Crippen MR) is 146 cm³/mol. The minimum Gasteiger partial charge on any atom is -0.379 e. The summed E-state index contributed by atoms with van der Waals surface area (Å²) in [6, 6.07) is 2.57. The summed E-state index contributed by atoms with van der Waals surface area (Å²) < 4.78 is 79.8. The summed E-state index contributed by atoms with van der Waals surface area (Å²) in [5.74, 6) is -2.15. The number of anilines is 1. The number of rotatable bonds is 4. The number of nitrogens with zero attached hydrogens (tertiary/aromatic N) is 4. The second kappa shape index (κ2) is 10.8. The summed E-state index contributed by atoms with van der Waals surface area (Å²) in [4.78, 5) is 33.5. The van der Waals surface area contributed by atoms with E-state index < -0.39 is 46.3 Å². The number of carbonyl (C=O) groups is 1. The zero-order valence-electron chi connectivity index (χ0n) is 22.5. The lowest BCUT2D eigenvalue weighted by molar-refractivity contribution is -0.137. The molecule has 13 heteroatoms. The molecule has 5 rings (SSSR count). The number of halogens is 5. The van der Waals surface area contributed by atoms with Gasteiger partial charge >= 0.3 is 11.9 Å². The van der Waals surface area contributed by atoms with E-state index in [1.807, 2.05) is 0 Å². The molecule has 0 aliphatic carbocycles. The van der Waals surface area contributed by atoms with Crippen LogP contribution < -0.4 is 10.6 Å². The molecule has 0 N–H and O–H groups in total. The van der Waals surface area contributed by atoms with E-state index in [9.17, 15) is 27.2 Å². The average Bonchev–Trinajstić information content (AvgIpc) is 3.10. The topological polar surface area (TPSA) is 67.7 Å². The summed E-state index contributed by atoms with van der Waals surface area (Å²) >= 11 is 1.02. The first-order chi connectivity index (χ1) is 19.3. The van der Waals surface area contributed by atoms with Crippen LogP contribution >= 0.6 is 11.8 Å². The Bertz CT molecular complexity index is 1600. The number of alkyl halides is 3. The van der Waals surface area contributed by atoms with Crippen LogP contribution in [0, 0.1) is 11.6 Å². The van der Waals surface area contributed by atoms with E-state index in [0.717, 1.165) is 30.0 Å². The van der Waals surface area contributed by atoms with Crippen LogP contribution in [0.3, 0.4) is 0 Å². The highest BCUT2D eigenvalue weighted by Gasteiger charge is 2.40. The van der Waals surface area contributed by atoms with Gasteiger partial charge in [-0.25, -0.2) is 13.6 Å². The molecule has 3 heterocycles. The zero-order chi connectivity index (χ0) is 29.8. The molecule has 1 saturated heterocycles. The molecule has 0 radical (unpaired) electrons. The maximum absolute atomic E-state index is 15.1. The number of amides is 1. The maximum atomic E-state index is 15.1. The number of aromatic nitrogens is 2. The molecule has 3 aromatic rings. The van der Waals surface area contributed by atoms with E-state index in [-0.39, 0.29) is 65.0 Å². The fraction of sp³-hybridized carbons (Fsp3) is 0.393. The first kappa shape index (κ1) is 29.1. The van der Waals surface area contributed by atoms with Gasteiger partial charge in [-0.05, 0) is 38.1 Å². The van der Waals surface area contributed by atoms with Crippen LogP contribution in [-0.2, 0) is 22.3 Å². The van der Waals surface area contributed by atoms with Gasteiger partial charge in [0.25, 0.3) is 0 Å². The molecule has 0 bridgehead atoms. The summed E-state index contributed by atoms with van der Waals surface area (Å²) in [7, 11) is 1.43. The summed E-state index contributed by atoms with van der Waals surface area (Å²) in [5.41, 5.74) is -2.58. The largest absolute Gasteiger partial charge is 0.417 e. The van der Waals surface area contributed by atoms with Crippen molar-refractivity contribution in [3.05, 3.63) is 64.6 Å². The van der Waals surface area contributed by atoms with Gasteiger partial charge in [0.1, 0.15) is 17.5 Å². The fourth-order valence-corrected chi connectivity index (χ4v) is 7.05. The van der Waals surface area contributed by atoms with Crippen molar-refractivity contribution in [3.8, 4) is 11.1 Å². The highest BCUT2D eigenvalue weighted by molar-refractivity contribution is 7.99. The van der Waals surface area contributed by atoms with E-state index in [1.54, 1.807) is 23.6 Å². The van der Waals surface area contributed by atoms with Crippen molar-refractivity contribution in [3.63, 3.8) is 0 Å². The Morgan fingerprint density at radius 2 is 1.83 bits per heavy atom. The number of piperazine rings is 1. The van der Waals surface area contributed by atoms with Crippen LogP contribution in [-0.4, -0.2) is 64.5 Å². The van der Waals surface area contributed by atoms with Crippen LogP contribution in [0.25, 0.3) is 22.0 Å². The van der Waals surface area contributed by atoms with Gasteiger partial charge in [-0.1, -0.05) is 6.58 Å². The first-order valence-corrected chi connectivity index (χ1v) is 13.8. The molecule has 1 amide bonds. The second-order valence-electron chi connectivity index (χ2n) is 10.2. The summed E-state index contributed by atoms with van der Waals surface area (Å²) in [6.07, 6.45) is -4.27. The van der Waals surface area contributed by atoms with E-state index >= 15 is 4.39 Å². The van der Waals surface area contributed by atoms with E-state index in [2.05, 4.69) is 11.6 Å². The molecule has 7 nitrogen and oxygen atoms in total. The highest BCUT2D eigenvalue weighted by atomic mass is 32.2. The van der Waals surface area contributed by atoms with Gasteiger partial charge in [-0.15, -0.1) is 11.8 Å². The Labute approximate surface area is 236 Å². The van der Waals surface area contributed by atoms with Crippen molar-refractivity contribution in [2.24, 2.45) is 0 Å². The molecule has 2 aromatic carbocycles. The van der Waals surface area contributed by atoms with E-state index in [0.29, 0.717) is 6.07 Å². The van der Waals surface area contributed by atoms with Crippen molar-refractivity contribution in [1.29, 1.82) is 0 Å². The normalized spacial score (nSPS) is 21.2. The molecule has 0 saturated carbocycles. The van der Waals surface area contributed by atoms with Crippen molar-refractivity contribution in [2.45, 2.75) is 49.7 Å². The second-order valence-corrected chi connectivity index (χ2v) is 11.2. The molecule has 2 aliphatic heterocycles. The smallest absolute Gasteiger partial charge is 0.379 e. The Morgan fingerprint density at radius 3 is 2.41 bits per heavy atom. The third-order valence-electron chi connectivity index (χ3n) is 7.49. The highest BCUT2D eigenvalue weighted by Crippen LogP contribution is 2.49. The van der Waals surface area contributed by atoms with Crippen LogP contribution in [0.5, 0.6) is 0 Å². The molecular weight excluding hydrogens is 567 g/mol.